The molecule has 1 aliphatic heterocycles. The zero-order valence-electron chi connectivity index (χ0n) is 10.0. The van der Waals surface area contributed by atoms with E-state index in [4.69, 9.17) is 22.4 Å². The van der Waals surface area contributed by atoms with Crippen molar-refractivity contribution in [1.29, 1.82) is 0 Å². The van der Waals surface area contributed by atoms with Crippen LogP contribution < -0.4 is 11.1 Å². The van der Waals surface area contributed by atoms with Gasteiger partial charge in [-0.1, -0.05) is 24.1 Å². The fourth-order valence-electron chi connectivity index (χ4n) is 1.83. The molecule has 0 aliphatic carbocycles. The van der Waals surface area contributed by atoms with Gasteiger partial charge in [0.2, 0.25) is 0 Å². The summed E-state index contributed by atoms with van der Waals surface area (Å²) in [5, 5.41) is 12.6. The highest BCUT2D eigenvalue weighted by Gasteiger charge is 2.10. The van der Waals surface area contributed by atoms with Crippen LogP contribution in [0.1, 0.15) is 25.7 Å². The maximum atomic E-state index is 8.58. The Labute approximate surface area is 108 Å². The number of rotatable bonds is 2. The van der Waals surface area contributed by atoms with Crippen molar-refractivity contribution in [3.05, 3.63) is 29.3 Å². The molecular formula is C13H21ClN2O. The van der Waals surface area contributed by atoms with Crippen LogP contribution in [0.5, 0.6) is 0 Å². The summed E-state index contributed by atoms with van der Waals surface area (Å²) in [6, 6.07) is 7.71. The van der Waals surface area contributed by atoms with Gasteiger partial charge in [-0.2, -0.15) is 0 Å². The SMILES string of the molecule is Nc1cccc(Cl)c1.OCCC1CCCCN1. The molecule has 96 valence electrons. The second-order valence-electron chi connectivity index (χ2n) is 4.21. The summed E-state index contributed by atoms with van der Waals surface area (Å²) in [6.07, 6.45) is 4.82. The Balaban J connectivity index is 0.000000171. The van der Waals surface area contributed by atoms with Crippen LogP contribution in [0, 0.1) is 0 Å². The number of hydrogen-bond donors (Lipinski definition) is 3. The number of benzene rings is 1. The number of hydrogen-bond acceptors (Lipinski definition) is 3. The zero-order valence-corrected chi connectivity index (χ0v) is 10.8. The van der Waals surface area contributed by atoms with Gasteiger partial charge in [-0.25, -0.2) is 0 Å². The summed E-state index contributed by atoms with van der Waals surface area (Å²) >= 11 is 5.56. The van der Waals surface area contributed by atoms with E-state index in [-0.39, 0.29) is 0 Å². The molecule has 0 amide bonds. The van der Waals surface area contributed by atoms with E-state index in [2.05, 4.69) is 5.32 Å². The Morgan fingerprint density at radius 2 is 2.24 bits per heavy atom. The number of aliphatic hydroxyl groups is 1. The Bertz CT molecular complexity index is 294. The summed E-state index contributed by atoms with van der Waals surface area (Å²) in [7, 11) is 0. The first-order valence-electron chi connectivity index (χ1n) is 6.07. The lowest BCUT2D eigenvalue weighted by atomic mass is 10.0. The molecule has 1 aromatic rings. The molecule has 3 nitrogen and oxygen atoms in total. The molecule has 1 heterocycles. The Morgan fingerprint density at radius 1 is 1.41 bits per heavy atom. The molecule has 0 bridgehead atoms. The van der Waals surface area contributed by atoms with Crippen LogP contribution in [0.3, 0.4) is 0 Å². The van der Waals surface area contributed by atoms with Crippen LogP contribution in [0.15, 0.2) is 24.3 Å². The molecule has 2 rings (SSSR count). The summed E-state index contributed by atoms with van der Waals surface area (Å²) in [6.45, 7) is 1.47. The first-order valence-corrected chi connectivity index (χ1v) is 6.45. The largest absolute Gasteiger partial charge is 0.399 e. The van der Waals surface area contributed by atoms with Gasteiger partial charge < -0.3 is 16.2 Å². The normalized spacial score (nSPS) is 19.3. The van der Waals surface area contributed by atoms with Crippen molar-refractivity contribution in [1.82, 2.24) is 5.32 Å². The summed E-state index contributed by atoms with van der Waals surface area (Å²) in [5.74, 6) is 0. The summed E-state index contributed by atoms with van der Waals surface area (Å²) < 4.78 is 0. The quantitative estimate of drug-likeness (QED) is 0.713. The van der Waals surface area contributed by atoms with Crippen LogP contribution in [0.2, 0.25) is 5.02 Å². The van der Waals surface area contributed by atoms with E-state index in [9.17, 15) is 0 Å². The highest BCUT2D eigenvalue weighted by molar-refractivity contribution is 6.30. The molecule has 0 aromatic heterocycles. The molecular weight excluding hydrogens is 236 g/mol. The van der Waals surface area contributed by atoms with Crippen molar-refractivity contribution in [3.8, 4) is 0 Å². The van der Waals surface area contributed by atoms with Crippen molar-refractivity contribution in [2.75, 3.05) is 18.9 Å². The monoisotopic (exact) mass is 256 g/mol. The molecule has 1 saturated heterocycles. The van der Waals surface area contributed by atoms with Gasteiger partial charge in [0.1, 0.15) is 0 Å². The molecule has 1 aromatic carbocycles. The lowest BCUT2D eigenvalue weighted by Gasteiger charge is -2.22. The molecule has 4 N–H and O–H groups in total. The van der Waals surface area contributed by atoms with Crippen LogP contribution in [-0.4, -0.2) is 24.3 Å². The number of nitrogen functional groups attached to an aromatic ring is 1. The summed E-state index contributed by atoms with van der Waals surface area (Å²) in [4.78, 5) is 0. The van der Waals surface area contributed by atoms with Crippen LogP contribution in [0.25, 0.3) is 0 Å². The average molecular weight is 257 g/mol. The standard InChI is InChI=1S/C7H15NO.C6H6ClN/c9-6-4-7-3-1-2-5-8-7;7-5-2-1-3-6(8)4-5/h7-9H,1-6H2;1-4H,8H2. The molecule has 0 saturated carbocycles. The number of nitrogens with two attached hydrogens (primary N) is 1. The number of halogens is 1. The number of nitrogens with one attached hydrogen (secondary N) is 1. The molecule has 4 heteroatoms. The van der Waals surface area contributed by atoms with E-state index in [1.807, 2.05) is 6.07 Å². The van der Waals surface area contributed by atoms with Crippen molar-refractivity contribution in [3.63, 3.8) is 0 Å². The lowest BCUT2D eigenvalue weighted by Crippen LogP contribution is -2.34. The third kappa shape index (κ3) is 6.51. The first kappa shape index (κ1) is 14.3. The minimum atomic E-state index is 0.331. The van der Waals surface area contributed by atoms with Gasteiger partial charge in [0, 0.05) is 23.4 Å². The molecule has 0 spiro atoms. The first-order chi connectivity index (χ1) is 8.22. The third-order valence-electron chi connectivity index (χ3n) is 2.74. The van der Waals surface area contributed by atoms with E-state index < -0.39 is 0 Å². The molecule has 1 aliphatic rings. The van der Waals surface area contributed by atoms with E-state index in [1.54, 1.807) is 18.2 Å². The van der Waals surface area contributed by atoms with Gasteiger partial charge in [-0.05, 0) is 44.0 Å². The van der Waals surface area contributed by atoms with Crippen LogP contribution in [0.4, 0.5) is 5.69 Å². The average Bonchev–Trinajstić information content (AvgIpc) is 2.31. The summed E-state index contributed by atoms with van der Waals surface area (Å²) in [5.41, 5.74) is 6.08. The molecule has 1 fully saturated rings. The maximum Gasteiger partial charge on any atom is 0.0445 e. The fraction of sp³-hybridized carbons (Fsp3) is 0.538. The van der Waals surface area contributed by atoms with E-state index in [1.165, 1.54) is 19.3 Å². The Morgan fingerprint density at radius 3 is 2.71 bits per heavy atom. The number of aliphatic hydroxyl groups excluding tert-OH is 1. The van der Waals surface area contributed by atoms with Gasteiger partial charge in [-0.15, -0.1) is 0 Å². The minimum absolute atomic E-state index is 0.331. The van der Waals surface area contributed by atoms with Crippen LogP contribution in [-0.2, 0) is 0 Å². The molecule has 17 heavy (non-hydrogen) atoms. The minimum Gasteiger partial charge on any atom is -0.399 e. The fourth-order valence-corrected chi connectivity index (χ4v) is 2.03. The second-order valence-corrected chi connectivity index (χ2v) is 4.65. The predicted octanol–water partition coefficient (Wildman–Crippen LogP) is 2.43. The number of anilines is 1. The van der Waals surface area contributed by atoms with Gasteiger partial charge in [0.15, 0.2) is 0 Å². The van der Waals surface area contributed by atoms with Gasteiger partial charge in [-0.3, -0.25) is 0 Å². The highest BCUT2D eigenvalue weighted by atomic mass is 35.5. The Hall–Kier alpha value is -0.770. The Kier molecular flexibility index (Phi) is 7.01. The van der Waals surface area contributed by atoms with Gasteiger partial charge in [0.05, 0.1) is 0 Å². The predicted molar refractivity (Wildman–Crippen MR) is 73.2 cm³/mol. The third-order valence-corrected chi connectivity index (χ3v) is 2.97. The van der Waals surface area contributed by atoms with E-state index in [0.717, 1.165) is 13.0 Å². The molecule has 1 atom stereocenters. The topological polar surface area (TPSA) is 58.3 Å². The smallest absolute Gasteiger partial charge is 0.0445 e. The molecule has 1 unspecified atom stereocenters. The highest BCUT2D eigenvalue weighted by Crippen LogP contribution is 2.10. The lowest BCUT2D eigenvalue weighted by molar-refractivity contribution is 0.250. The van der Waals surface area contributed by atoms with Gasteiger partial charge in [0.25, 0.3) is 0 Å². The van der Waals surface area contributed by atoms with Crippen molar-refractivity contribution < 1.29 is 5.11 Å². The number of piperidine rings is 1. The van der Waals surface area contributed by atoms with Crippen LogP contribution >= 0.6 is 11.6 Å². The van der Waals surface area contributed by atoms with Crippen molar-refractivity contribution in [2.24, 2.45) is 0 Å². The van der Waals surface area contributed by atoms with Crippen molar-refractivity contribution in [2.45, 2.75) is 31.7 Å². The molecule has 0 radical (unpaired) electrons. The van der Waals surface area contributed by atoms with E-state index in [0.29, 0.717) is 23.4 Å². The van der Waals surface area contributed by atoms with Gasteiger partial charge >= 0.3 is 0 Å². The second kappa shape index (κ2) is 8.34. The van der Waals surface area contributed by atoms with E-state index >= 15 is 0 Å². The maximum absolute atomic E-state index is 8.58. The van der Waals surface area contributed by atoms with Crippen molar-refractivity contribution >= 4 is 17.3 Å². The zero-order chi connectivity index (χ0) is 12.5.